The lowest BCUT2D eigenvalue weighted by Gasteiger charge is -2.34. The Morgan fingerprint density at radius 3 is 2.15 bits per heavy atom. The lowest BCUT2D eigenvalue weighted by atomic mass is 10.1. The van der Waals surface area contributed by atoms with Crippen LogP contribution < -0.4 is 9.62 Å². The molecule has 0 spiro atoms. The molecule has 0 saturated carbocycles. The van der Waals surface area contributed by atoms with Gasteiger partial charge >= 0.3 is 0 Å². The van der Waals surface area contributed by atoms with Gasteiger partial charge in [-0.25, -0.2) is 12.8 Å². The molecule has 0 aliphatic heterocycles. The minimum absolute atomic E-state index is 0.0560. The van der Waals surface area contributed by atoms with Crippen molar-refractivity contribution in [2.45, 2.75) is 64.1 Å². The van der Waals surface area contributed by atoms with E-state index in [1.54, 1.807) is 49.4 Å². The first kappa shape index (κ1) is 32.4. The summed E-state index contributed by atoms with van der Waals surface area (Å²) >= 11 is 12.5. The highest BCUT2D eigenvalue weighted by Gasteiger charge is 2.34. The number of nitrogens with zero attached hydrogens (tertiary/aromatic N) is 2. The molecule has 0 aromatic heterocycles. The molecule has 7 nitrogen and oxygen atoms in total. The molecular formula is C30H34Cl2FN3O4S. The maximum absolute atomic E-state index is 14.1. The highest BCUT2D eigenvalue weighted by molar-refractivity contribution is 7.92. The predicted octanol–water partition coefficient (Wildman–Crippen LogP) is 6.36. The molecule has 0 aliphatic rings. The van der Waals surface area contributed by atoms with Crippen molar-refractivity contribution in [3.05, 3.63) is 93.7 Å². The number of carbonyl (C=O) groups is 2. The van der Waals surface area contributed by atoms with Crippen molar-refractivity contribution in [3.63, 3.8) is 0 Å². The van der Waals surface area contributed by atoms with Crippen molar-refractivity contribution in [1.29, 1.82) is 0 Å². The van der Waals surface area contributed by atoms with Gasteiger partial charge in [-0.3, -0.25) is 13.9 Å². The first-order valence-corrected chi connectivity index (χ1v) is 15.5. The SMILES string of the molecule is CC[C@@H](C)NC(=O)[C@H](CC)N(Cc1ccc(Cl)cc1Cl)C(=O)CN(c1ccc(C)cc1)S(=O)(=O)c1ccc(F)cc1. The van der Waals surface area contributed by atoms with Gasteiger partial charge in [0.25, 0.3) is 10.0 Å². The minimum Gasteiger partial charge on any atom is -0.352 e. The van der Waals surface area contributed by atoms with Gasteiger partial charge in [0.05, 0.1) is 10.6 Å². The number of sulfonamides is 1. The van der Waals surface area contributed by atoms with Gasteiger partial charge in [-0.2, -0.15) is 0 Å². The number of nitrogens with one attached hydrogen (secondary N) is 1. The monoisotopic (exact) mass is 621 g/mol. The van der Waals surface area contributed by atoms with E-state index in [1.807, 2.05) is 20.8 Å². The van der Waals surface area contributed by atoms with E-state index in [0.29, 0.717) is 22.0 Å². The largest absolute Gasteiger partial charge is 0.352 e. The molecule has 0 fully saturated rings. The molecule has 0 saturated heterocycles. The zero-order valence-corrected chi connectivity index (χ0v) is 25.7. The Kier molecular flexibility index (Phi) is 11.2. The quantitative estimate of drug-likeness (QED) is 0.255. The third-order valence-corrected chi connectivity index (χ3v) is 9.12. The molecule has 2 amide bonds. The van der Waals surface area contributed by atoms with Crippen LogP contribution in [0.5, 0.6) is 0 Å². The molecule has 1 N–H and O–H groups in total. The molecule has 3 aromatic carbocycles. The summed E-state index contributed by atoms with van der Waals surface area (Å²) in [4.78, 5) is 28.6. The molecule has 0 aliphatic carbocycles. The summed E-state index contributed by atoms with van der Waals surface area (Å²) < 4.78 is 42.2. The molecule has 0 unspecified atom stereocenters. The molecule has 0 radical (unpaired) electrons. The van der Waals surface area contributed by atoms with Gasteiger partial charge in [0.1, 0.15) is 18.4 Å². The van der Waals surface area contributed by atoms with Crippen molar-refractivity contribution in [2.24, 2.45) is 0 Å². The molecular weight excluding hydrogens is 588 g/mol. The van der Waals surface area contributed by atoms with Crippen LogP contribution in [0.25, 0.3) is 0 Å². The van der Waals surface area contributed by atoms with Crippen LogP contribution in [0.2, 0.25) is 10.0 Å². The topological polar surface area (TPSA) is 86.8 Å². The van der Waals surface area contributed by atoms with Crippen molar-refractivity contribution < 1.29 is 22.4 Å². The third kappa shape index (κ3) is 8.21. The molecule has 41 heavy (non-hydrogen) atoms. The van der Waals surface area contributed by atoms with Gasteiger partial charge in [-0.15, -0.1) is 0 Å². The van der Waals surface area contributed by atoms with Gasteiger partial charge in [0, 0.05) is 22.6 Å². The fourth-order valence-electron chi connectivity index (χ4n) is 4.17. The number of rotatable bonds is 12. The van der Waals surface area contributed by atoms with Crippen LogP contribution >= 0.6 is 23.2 Å². The van der Waals surface area contributed by atoms with Crippen LogP contribution in [-0.4, -0.2) is 43.8 Å². The number of anilines is 1. The van der Waals surface area contributed by atoms with E-state index in [4.69, 9.17) is 23.2 Å². The summed E-state index contributed by atoms with van der Waals surface area (Å²) in [7, 11) is -4.30. The Morgan fingerprint density at radius 1 is 0.951 bits per heavy atom. The summed E-state index contributed by atoms with van der Waals surface area (Å²) in [5.41, 5.74) is 1.68. The highest BCUT2D eigenvalue weighted by Crippen LogP contribution is 2.27. The van der Waals surface area contributed by atoms with Crippen LogP contribution in [0.1, 0.15) is 44.7 Å². The molecule has 3 rings (SSSR count). The number of aryl methyl sites for hydroxylation is 1. The van der Waals surface area contributed by atoms with Gasteiger partial charge in [-0.1, -0.05) is 60.8 Å². The number of hydrogen-bond donors (Lipinski definition) is 1. The number of benzene rings is 3. The predicted molar refractivity (Wildman–Crippen MR) is 161 cm³/mol. The second-order valence-electron chi connectivity index (χ2n) is 9.80. The van der Waals surface area contributed by atoms with E-state index in [1.165, 1.54) is 4.90 Å². The zero-order chi connectivity index (χ0) is 30.3. The number of carbonyl (C=O) groups excluding carboxylic acids is 2. The summed E-state index contributed by atoms with van der Waals surface area (Å²) in [6.45, 7) is 6.76. The lowest BCUT2D eigenvalue weighted by Crippen LogP contribution is -2.53. The maximum Gasteiger partial charge on any atom is 0.264 e. The Labute approximate surface area is 251 Å². The normalized spacial score (nSPS) is 12.9. The van der Waals surface area contributed by atoms with Crippen LogP contribution in [0, 0.1) is 12.7 Å². The van der Waals surface area contributed by atoms with E-state index in [-0.39, 0.29) is 35.5 Å². The van der Waals surface area contributed by atoms with E-state index in [2.05, 4.69) is 5.32 Å². The van der Waals surface area contributed by atoms with E-state index in [9.17, 15) is 22.4 Å². The molecule has 2 atom stereocenters. The number of halogens is 3. The Morgan fingerprint density at radius 2 is 1.59 bits per heavy atom. The Balaban J connectivity index is 2.08. The summed E-state index contributed by atoms with van der Waals surface area (Å²) in [5.74, 6) is -1.57. The average molecular weight is 623 g/mol. The highest BCUT2D eigenvalue weighted by atomic mass is 35.5. The fourth-order valence-corrected chi connectivity index (χ4v) is 6.05. The lowest BCUT2D eigenvalue weighted by molar-refractivity contribution is -0.140. The number of amides is 2. The minimum atomic E-state index is -4.30. The van der Waals surface area contributed by atoms with Crippen molar-refractivity contribution in [2.75, 3.05) is 10.8 Å². The van der Waals surface area contributed by atoms with Crippen LogP contribution in [-0.2, 0) is 26.2 Å². The molecule has 3 aromatic rings. The second-order valence-corrected chi connectivity index (χ2v) is 12.5. The molecule has 11 heteroatoms. The third-order valence-electron chi connectivity index (χ3n) is 6.75. The standard InChI is InChI=1S/C30H34Cl2FN3O4S/c1-5-21(4)34-30(38)28(6-2)35(18-22-9-10-23(31)17-27(22)32)29(37)19-36(25-13-7-20(3)8-14-25)41(39,40)26-15-11-24(33)12-16-26/h7-17,21,28H,5-6,18-19H2,1-4H3,(H,34,38)/t21-,28+/m1/s1. The maximum atomic E-state index is 14.1. The van der Waals surface area contributed by atoms with Crippen molar-refractivity contribution in [3.8, 4) is 0 Å². The first-order chi connectivity index (χ1) is 19.4. The Bertz CT molecular complexity index is 1470. The van der Waals surface area contributed by atoms with E-state index in [0.717, 1.165) is 34.1 Å². The van der Waals surface area contributed by atoms with E-state index < -0.39 is 34.3 Å². The van der Waals surface area contributed by atoms with E-state index >= 15 is 0 Å². The van der Waals surface area contributed by atoms with Crippen LogP contribution in [0.3, 0.4) is 0 Å². The van der Waals surface area contributed by atoms with Gasteiger partial charge in [-0.05, 0) is 80.8 Å². The molecule has 220 valence electrons. The summed E-state index contributed by atoms with van der Waals surface area (Å²) in [6, 6.07) is 14.8. The molecule has 0 bridgehead atoms. The summed E-state index contributed by atoms with van der Waals surface area (Å²) in [6.07, 6.45) is 0.963. The zero-order valence-electron chi connectivity index (χ0n) is 23.4. The average Bonchev–Trinajstić information content (AvgIpc) is 2.93. The van der Waals surface area contributed by atoms with Gasteiger partial charge < -0.3 is 10.2 Å². The first-order valence-electron chi connectivity index (χ1n) is 13.3. The smallest absolute Gasteiger partial charge is 0.264 e. The van der Waals surface area contributed by atoms with Gasteiger partial charge in [0.2, 0.25) is 11.8 Å². The van der Waals surface area contributed by atoms with Gasteiger partial charge in [0.15, 0.2) is 0 Å². The van der Waals surface area contributed by atoms with Crippen molar-refractivity contribution in [1.82, 2.24) is 10.2 Å². The van der Waals surface area contributed by atoms with Crippen LogP contribution in [0.4, 0.5) is 10.1 Å². The van der Waals surface area contributed by atoms with Crippen molar-refractivity contribution >= 4 is 50.7 Å². The second kappa shape index (κ2) is 14.2. The fraction of sp³-hybridized carbons (Fsp3) is 0.333. The Hall–Kier alpha value is -3.14. The van der Waals surface area contributed by atoms with Crippen LogP contribution in [0.15, 0.2) is 71.6 Å². The number of hydrogen-bond acceptors (Lipinski definition) is 4. The summed E-state index contributed by atoms with van der Waals surface area (Å²) in [5, 5.41) is 3.64. The molecule has 0 heterocycles.